The minimum atomic E-state index is -0.509. The SMILES string of the molecule is COc1ccccc1-c1c[nH]c2ncc(-c3cncc(C(N)=O)c3)cc12. The van der Waals surface area contributed by atoms with Crippen molar-refractivity contribution in [1.82, 2.24) is 15.0 Å². The van der Waals surface area contributed by atoms with E-state index in [1.807, 2.05) is 36.5 Å². The van der Waals surface area contributed by atoms with Crippen LogP contribution in [0.5, 0.6) is 5.75 Å². The van der Waals surface area contributed by atoms with Gasteiger partial charge in [-0.05, 0) is 18.2 Å². The summed E-state index contributed by atoms with van der Waals surface area (Å²) in [7, 11) is 1.65. The number of hydrogen-bond acceptors (Lipinski definition) is 4. The number of methoxy groups -OCH3 is 1. The van der Waals surface area contributed by atoms with Crippen molar-refractivity contribution in [3.63, 3.8) is 0 Å². The molecule has 6 nitrogen and oxygen atoms in total. The van der Waals surface area contributed by atoms with Gasteiger partial charge < -0.3 is 15.5 Å². The van der Waals surface area contributed by atoms with Crippen molar-refractivity contribution in [3.05, 3.63) is 66.7 Å². The van der Waals surface area contributed by atoms with E-state index in [1.54, 1.807) is 25.6 Å². The molecule has 4 aromatic rings. The summed E-state index contributed by atoms with van der Waals surface area (Å²) in [5.41, 5.74) is 10.1. The Morgan fingerprint density at radius 3 is 2.69 bits per heavy atom. The van der Waals surface area contributed by atoms with Gasteiger partial charge in [-0.1, -0.05) is 18.2 Å². The average Bonchev–Trinajstić information content (AvgIpc) is 3.11. The summed E-state index contributed by atoms with van der Waals surface area (Å²) in [6.07, 6.45) is 6.79. The molecular weight excluding hydrogens is 328 g/mol. The van der Waals surface area contributed by atoms with Gasteiger partial charge in [-0.15, -0.1) is 0 Å². The summed E-state index contributed by atoms with van der Waals surface area (Å²) >= 11 is 0. The van der Waals surface area contributed by atoms with Crippen LogP contribution < -0.4 is 10.5 Å². The first-order valence-corrected chi connectivity index (χ1v) is 8.03. The number of aromatic nitrogens is 3. The van der Waals surface area contributed by atoms with Crippen LogP contribution in [-0.4, -0.2) is 28.0 Å². The van der Waals surface area contributed by atoms with Crippen LogP contribution in [0, 0.1) is 0 Å². The Kier molecular flexibility index (Phi) is 3.85. The smallest absolute Gasteiger partial charge is 0.250 e. The molecule has 3 heterocycles. The number of benzene rings is 1. The number of nitrogens with two attached hydrogens (primary N) is 1. The lowest BCUT2D eigenvalue weighted by Crippen LogP contribution is -2.11. The van der Waals surface area contributed by atoms with Crippen molar-refractivity contribution in [2.24, 2.45) is 5.73 Å². The van der Waals surface area contributed by atoms with E-state index >= 15 is 0 Å². The first kappa shape index (κ1) is 15.8. The summed E-state index contributed by atoms with van der Waals surface area (Å²) in [4.78, 5) is 23.2. The van der Waals surface area contributed by atoms with E-state index in [-0.39, 0.29) is 0 Å². The second-order valence-corrected chi connectivity index (χ2v) is 5.85. The van der Waals surface area contributed by atoms with Crippen LogP contribution in [0.1, 0.15) is 10.4 Å². The predicted octanol–water partition coefficient (Wildman–Crippen LogP) is 3.40. The molecule has 26 heavy (non-hydrogen) atoms. The Bertz CT molecular complexity index is 1120. The fourth-order valence-corrected chi connectivity index (χ4v) is 2.98. The lowest BCUT2D eigenvalue weighted by Gasteiger charge is -2.08. The number of nitrogens with zero attached hydrogens (tertiary/aromatic N) is 2. The topological polar surface area (TPSA) is 93.9 Å². The van der Waals surface area contributed by atoms with Crippen LogP contribution >= 0.6 is 0 Å². The molecule has 4 rings (SSSR count). The van der Waals surface area contributed by atoms with Crippen molar-refractivity contribution >= 4 is 16.9 Å². The number of carbonyl (C=O) groups is 1. The van der Waals surface area contributed by atoms with E-state index < -0.39 is 5.91 Å². The Morgan fingerprint density at radius 2 is 1.88 bits per heavy atom. The molecule has 0 radical (unpaired) electrons. The zero-order valence-corrected chi connectivity index (χ0v) is 14.1. The van der Waals surface area contributed by atoms with Crippen LogP contribution in [0.2, 0.25) is 0 Å². The summed E-state index contributed by atoms with van der Waals surface area (Å²) in [6.45, 7) is 0. The zero-order valence-electron chi connectivity index (χ0n) is 14.1. The van der Waals surface area contributed by atoms with Crippen LogP contribution in [-0.2, 0) is 0 Å². The third-order valence-corrected chi connectivity index (χ3v) is 4.28. The lowest BCUT2D eigenvalue weighted by atomic mass is 10.0. The minimum absolute atomic E-state index is 0.363. The number of amides is 1. The number of carbonyl (C=O) groups excluding carboxylic acids is 1. The molecule has 1 aromatic carbocycles. The van der Waals surface area contributed by atoms with Crippen LogP contribution in [0.15, 0.2) is 61.2 Å². The molecule has 0 saturated carbocycles. The van der Waals surface area contributed by atoms with Crippen LogP contribution in [0.25, 0.3) is 33.3 Å². The number of aromatic amines is 1. The minimum Gasteiger partial charge on any atom is -0.496 e. The molecule has 0 fully saturated rings. The van der Waals surface area contributed by atoms with Gasteiger partial charge in [-0.25, -0.2) is 4.98 Å². The molecular formula is C20H16N4O2. The number of hydrogen-bond donors (Lipinski definition) is 2. The molecule has 0 bridgehead atoms. The number of fused-ring (bicyclic) bond motifs is 1. The average molecular weight is 344 g/mol. The second-order valence-electron chi connectivity index (χ2n) is 5.85. The zero-order chi connectivity index (χ0) is 18.1. The molecule has 3 N–H and O–H groups in total. The van der Waals surface area contributed by atoms with Gasteiger partial charge in [0, 0.05) is 52.4 Å². The van der Waals surface area contributed by atoms with Crippen LogP contribution in [0.3, 0.4) is 0 Å². The molecule has 6 heteroatoms. The van der Waals surface area contributed by atoms with Crippen molar-refractivity contribution in [3.8, 4) is 28.0 Å². The van der Waals surface area contributed by atoms with E-state index in [4.69, 9.17) is 10.5 Å². The van der Waals surface area contributed by atoms with Crippen molar-refractivity contribution < 1.29 is 9.53 Å². The highest BCUT2D eigenvalue weighted by Crippen LogP contribution is 2.35. The number of primary amides is 1. The highest BCUT2D eigenvalue weighted by molar-refractivity contribution is 5.98. The molecule has 0 aliphatic carbocycles. The molecule has 0 aliphatic rings. The number of ether oxygens (including phenoxy) is 1. The lowest BCUT2D eigenvalue weighted by molar-refractivity contribution is 0.1000. The molecule has 1 amide bonds. The van der Waals surface area contributed by atoms with E-state index in [1.165, 1.54) is 6.20 Å². The third-order valence-electron chi connectivity index (χ3n) is 4.28. The summed E-state index contributed by atoms with van der Waals surface area (Å²) in [6, 6.07) is 11.6. The van der Waals surface area contributed by atoms with Crippen LogP contribution in [0.4, 0.5) is 0 Å². The molecule has 0 unspecified atom stereocenters. The summed E-state index contributed by atoms with van der Waals surface area (Å²) < 4.78 is 5.48. The van der Waals surface area contributed by atoms with E-state index in [0.29, 0.717) is 5.56 Å². The third kappa shape index (κ3) is 2.67. The largest absolute Gasteiger partial charge is 0.496 e. The van der Waals surface area contributed by atoms with Gasteiger partial charge in [0.1, 0.15) is 11.4 Å². The fourth-order valence-electron chi connectivity index (χ4n) is 2.98. The number of H-pyrrole nitrogens is 1. The maximum atomic E-state index is 11.4. The summed E-state index contributed by atoms with van der Waals surface area (Å²) in [5.74, 6) is 0.279. The van der Waals surface area contributed by atoms with Gasteiger partial charge in [0.2, 0.25) is 5.91 Å². The van der Waals surface area contributed by atoms with E-state index in [2.05, 4.69) is 15.0 Å². The van der Waals surface area contributed by atoms with Gasteiger partial charge in [0.25, 0.3) is 0 Å². The molecule has 0 saturated heterocycles. The normalized spacial score (nSPS) is 10.8. The highest BCUT2D eigenvalue weighted by Gasteiger charge is 2.13. The Morgan fingerprint density at radius 1 is 1.08 bits per heavy atom. The molecule has 0 aliphatic heterocycles. The van der Waals surface area contributed by atoms with Crippen molar-refractivity contribution in [2.45, 2.75) is 0 Å². The maximum absolute atomic E-state index is 11.4. The molecule has 128 valence electrons. The number of nitrogens with one attached hydrogen (secondary N) is 1. The van der Waals surface area contributed by atoms with Gasteiger partial charge in [-0.3, -0.25) is 9.78 Å². The first-order valence-electron chi connectivity index (χ1n) is 8.03. The Hall–Kier alpha value is -3.67. The summed E-state index contributed by atoms with van der Waals surface area (Å²) in [5, 5.41) is 0.955. The number of para-hydroxylation sites is 1. The Labute approximate surface area is 149 Å². The highest BCUT2D eigenvalue weighted by atomic mass is 16.5. The van der Waals surface area contributed by atoms with Crippen molar-refractivity contribution in [2.75, 3.05) is 7.11 Å². The monoisotopic (exact) mass is 344 g/mol. The van der Waals surface area contributed by atoms with Gasteiger partial charge >= 0.3 is 0 Å². The number of pyridine rings is 2. The fraction of sp³-hybridized carbons (Fsp3) is 0.0500. The van der Waals surface area contributed by atoms with Gasteiger partial charge in [0.05, 0.1) is 12.7 Å². The molecule has 3 aromatic heterocycles. The number of rotatable bonds is 4. The molecule has 0 atom stereocenters. The standard InChI is InChI=1S/C20H16N4O2/c1-26-18-5-3-2-4-15(18)17-11-24-20-16(17)7-13(10-23-20)12-6-14(19(21)25)9-22-8-12/h2-11H,1H3,(H2,21,25)(H,23,24). The Balaban J connectivity index is 1.88. The first-order chi connectivity index (χ1) is 12.7. The van der Waals surface area contributed by atoms with E-state index in [9.17, 15) is 4.79 Å². The van der Waals surface area contributed by atoms with Gasteiger partial charge in [-0.2, -0.15) is 0 Å². The maximum Gasteiger partial charge on any atom is 0.250 e. The predicted molar refractivity (Wildman–Crippen MR) is 99.8 cm³/mol. The van der Waals surface area contributed by atoms with E-state index in [0.717, 1.165) is 39.0 Å². The second kappa shape index (κ2) is 6.33. The quantitative estimate of drug-likeness (QED) is 0.593. The molecule has 0 spiro atoms. The van der Waals surface area contributed by atoms with Gasteiger partial charge in [0.15, 0.2) is 0 Å². The van der Waals surface area contributed by atoms with Crippen molar-refractivity contribution in [1.29, 1.82) is 0 Å².